The summed E-state index contributed by atoms with van der Waals surface area (Å²) in [5.41, 5.74) is -0.722. The van der Waals surface area contributed by atoms with E-state index in [1.54, 1.807) is 12.1 Å². The maximum absolute atomic E-state index is 15.6. The Morgan fingerprint density at radius 2 is 1.74 bits per heavy atom. The summed E-state index contributed by atoms with van der Waals surface area (Å²) in [5.74, 6) is -0.401. The number of non-ortho nitro benzene ring substituents is 1. The number of ether oxygens (including phenoxy) is 2. The van der Waals surface area contributed by atoms with Crippen molar-refractivity contribution >= 4 is 41.7 Å². The van der Waals surface area contributed by atoms with Gasteiger partial charge in [-0.05, 0) is 68.4 Å². The van der Waals surface area contributed by atoms with Crippen LogP contribution in [0.15, 0.2) is 71.2 Å². The molecule has 1 N–H and O–H groups in total. The standard InChI is InChI=1S/C34H40N3O8PS/c1-23(20-31(38)44-21-24-16-18-25(19-17-24)37(40)41)28-14-8-9-15-29(28)46(42,27-12-6-3-7-13-27)45-34-32(39)35-33(34)47-30(36-34)22-43-26-10-4-2-5-11-26/h2,4-5,10-11,16-20,27-29,33H,3,6-9,12-15,21-22H2,1H3,(H,35,39). The van der Waals surface area contributed by atoms with Crippen LogP contribution in [0.3, 0.4) is 0 Å². The van der Waals surface area contributed by atoms with Crippen molar-refractivity contribution in [1.82, 2.24) is 5.32 Å². The lowest BCUT2D eigenvalue weighted by Gasteiger charge is -2.48. The average molecular weight is 682 g/mol. The van der Waals surface area contributed by atoms with Crippen molar-refractivity contribution in [1.29, 1.82) is 0 Å². The fourth-order valence-electron chi connectivity index (χ4n) is 7.11. The van der Waals surface area contributed by atoms with Gasteiger partial charge in [-0.15, -0.1) is 0 Å². The molecule has 2 saturated carbocycles. The molecule has 250 valence electrons. The Hall–Kier alpha value is -3.47. The predicted molar refractivity (Wildman–Crippen MR) is 180 cm³/mol. The summed E-state index contributed by atoms with van der Waals surface area (Å²) in [6, 6.07) is 15.2. The third kappa shape index (κ3) is 7.20. The van der Waals surface area contributed by atoms with Crippen LogP contribution >= 0.6 is 19.1 Å². The smallest absolute Gasteiger partial charge is 0.331 e. The van der Waals surface area contributed by atoms with E-state index in [1.807, 2.05) is 37.3 Å². The van der Waals surface area contributed by atoms with Crippen LogP contribution in [0.2, 0.25) is 0 Å². The molecule has 6 rings (SSSR count). The molecule has 0 radical (unpaired) electrons. The molecule has 47 heavy (non-hydrogen) atoms. The van der Waals surface area contributed by atoms with Crippen molar-refractivity contribution in [2.45, 2.75) is 93.7 Å². The molecular formula is C34H40N3O8PS. The minimum Gasteiger partial charge on any atom is -0.487 e. The number of esters is 1. The summed E-state index contributed by atoms with van der Waals surface area (Å²) in [6.07, 6.45) is 9.23. The lowest BCUT2D eigenvalue weighted by molar-refractivity contribution is -0.384. The number of para-hydroxylation sites is 1. The summed E-state index contributed by atoms with van der Waals surface area (Å²) in [6.45, 7) is 2.03. The van der Waals surface area contributed by atoms with Gasteiger partial charge in [0.2, 0.25) is 7.37 Å². The summed E-state index contributed by atoms with van der Waals surface area (Å²) >= 11 is 1.38. The van der Waals surface area contributed by atoms with Crippen LogP contribution in [-0.2, 0) is 30.0 Å². The second-order valence-electron chi connectivity index (χ2n) is 12.7. The number of rotatable bonds is 12. The number of carbonyl (C=O) groups is 2. The molecule has 11 nitrogen and oxygen atoms in total. The van der Waals surface area contributed by atoms with E-state index < -0.39 is 29.4 Å². The molecule has 0 spiro atoms. The minimum absolute atomic E-state index is 0.0244. The number of fused-ring (bicyclic) bond motifs is 1. The van der Waals surface area contributed by atoms with Crippen molar-refractivity contribution in [3.05, 3.63) is 81.9 Å². The molecule has 0 bridgehead atoms. The lowest BCUT2D eigenvalue weighted by Crippen LogP contribution is -2.69. The number of amides is 1. The molecular weight excluding hydrogens is 641 g/mol. The zero-order chi connectivity index (χ0) is 33.0. The number of carbonyl (C=O) groups excluding carboxylic acids is 2. The van der Waals surface area contributed by atoms with Crippen molar-refractivity contribution in [3.8, 4) is 5.75 Å². The Kier molecular flexibility index (Phi) is 10.2. The molecule has 13 heteroatoms. The lowest BCUT2D eigenvalue weighted by atomic mass is 9.83. The Bertz CT molecular complexity index is 1590. The van der Waals surface area contributed by atoms with Crippen molar-refractivity contribution in [3.63, 3.8) is 0 Å². The van der Waals surface area contributed by atoms with E-state index in [9.17, 15) is 19.7 Å². The van der Waals surface area contributed by atoms with E-state index in [0.717, 1.165) is 56.9 Å². The second-order valence-corrected chi connectivity index (χ2v) is 16.7. The monoisotopic (exact) mass is 681 g/mol. The third-order valence-electron chi connectivity index (χ3n) is 9.61. The van der Waals surface area contributed by atoms with Gasteiger partial charge in [0.25, 0.3) is 17.3 Å². The zero-order valence-corrected chi connectivity index (χ0v) is 28.1. The van der Waals surface area contributed by atoms with Crippen molar-refractivity contribution in [2.24, 2.45) is 10.9 Å². The Morgan fingerprint density at radius 3 is 2.45 bits per heavy atom. The topological polar surface area (TPSA) is 146 Å². The summed E-state index contributed by atoms with van der Waals surface area (Å²) in [5, 5.41) is 14.0. The van der Waals surface area contributed by atoms with Gasteiger partial charge in [-0.1, -0.05) is 67.6 Å². The number of nitrogens with one attached hydrogen (secondary N) is 1. The van der Waals surface area contributed by atoms with Gasteiger partial charge in [-0.3, -0.25) is 24.0 Å². The molecule has 3 fully saturated rings. The molecule has 2 aromatic rings. The fourth-order valence-corrected chi connectivity index (χ4v) is 12.3. The molecule has 1 saturated heterocycles. The van der Waals surface area contributed by atoms with Crippen LogP contribution in [0.25, 0.3) is 0 Å². The Morgan fingerprint density at radius 1 is 1.04 bits per heavy atom. The molecule has 2 aliphatic heterocycles. The first-order valence-electron chi connectivity index (χ1n) is 16.3. The maximum atomic E-state index is 15.6. The van der Waals surface area contributed by atoms with E-state index in [4.69, 9.17) is 19.0 Å². The molecule has 1 amide bonds. The SMILES string of the molecule is CC(=CC(=O)OCc1ccc([N+](=O)[O-])cc1)C1CCCCC1P(=O)(OC12N=C(COc3ccccc3)SC1NC2=O)C1CCCCC1. The van der Waals surface area contributed by atoms with Gasteiger partial charge < -0.3 is 14.8 Å². The minimum atomic E-state index is -3.51. The van der Waals surface area contributed by atoms with Crippen LogP contribution < -0.4 is 10.1 Å². The normalized spacial score (nSPS) is 27.4. The van der Waals surface area contributed by atoms with Crippen molar-refractivity contribution < 1.29 is 33.1 Å². The van der Waals surface area contributed by atoms with E-state index in [0.29, 0.717) is 22.8 Å². The highest BCUT2D eigenvalue weighted by molar-refractivity contribution is 8.15. The number of aliphatic imine (C=N–C) groups is 1. The number of nitro benzene ring substituents is 1. The molecule has 2 aromatic carbocycles. The van der Waals surface area contributed by atoms with E-state index in [1.165, 1.54) is 30.0 Å². The first kappa shape index (κ1) is 33.4. The molecule has 0 aromatic heterocycles. The van der Waals surface area contributed by atoms with Gasteiger partial charge in [0.15, 0.2) is 0 Å². The van der Waals surface area contributed by atoms with Crippen LogP contribution in [0.1, 0.15) is 70.3 Å². The summed E-state index contributed by atoms with van der Waals surface area (Å²) < 4.78 is 33.7. The second kappa shape index (κ2) is 14.3. The predicted octanol–water partition coefficient (Wildman–Crippen LogP) is 7.15. The third-order valence-corrected chi connectivity index (χ3v) is 14.4. The maximum Gasteiger partial charge on any atom is 0.331 e. The van der Waals surface area contributed by atoms with E-state index >= 15 is 4.57 Å². The van der Waals surface area contributed by atoms with Gasteiger partial charge in [0, 0.05) is 29.5 Å². The van der Waals surface area contributed by atoms with Gasteiger partial charge >= 0.3 is 5.97 Å². The largest absolute Gasteiger partial charge is 0.487 e. The van der Waals surface area contributed by atoms with Crippen LogP contribution in [0.5, 0.6) is 5.75 Å². The molecule has 2 aliphatic carbocycles. The van der Waals surface area contributed by atoms with Gasteiger partial charge in [0.1, 0.15) is 29.4 Å². The van der Waals surface area contributed by atoms with Crippen molar-refractivity contribution in [2.75, 3.05) is 6.61 Å². The number of nitro groups is 1. The number of β-lactam (4-membered cyclic amide) rings is 1. The highest BCUT2D eigenvalue weighted by Gasteiger charge is 2.66. The van der Waals surface area contributed by atoms with Crippen LogP contribution in [0, 0.1) is 16.0 Å². The summed E-state index contributed by atoms with van der Waals surface area (Å²) in [7, 11) is -3.51. The average Bonchev–Trinajstić information content (AvgIpc) is 3.38. The summed E-state index contributed by atoms with van der Waals surface area (Å²) in [4.78, 5) is 41.4. The number of allylic oxidation sites excluding steroid dienone is 1. The zero-order valence-electron chi connectivity index (χ0n) is 26.4. The number of benzene rings is 2. The molecule has 4 aliphatic rings. The molecule has 5 atom stereocenters. The molecule has 2 heterocycles. The Labute approximate surface area is 278 Å². The molecule has 5 unspecified atom stereocenters. The van der Waals surface area contributed by atoms with E-state index in [2.05, 4.69) is 5.32 Å². The number of hydrogen-bond donors (Lipinski definition) is 1. The quantitative estimate of drug-likeness (QED) is 0.0616. The first-order chi connectivity index (χ1) is 22.7. The number of thioether (sulfide) groups is 1. The number of nitrogens with zero attached hydrogens (tertiary/aromatic N) is 2. The van der Waals surface area contributed by atoms with Gasteiger partial charge in [-0.2, -0.15) is 0 Å². The van der Waals surface area contributed by atoms with Gasteiger partial charge in [0.05, 0.1) is 4.92 Å². The Balaban J connectivity index is 1.22. The van der Waals surface area contributed by atoms with E-state index in [-0.39, 0.29) is 42.0 Å². The van der Waals surface area contributed by atoms with Crippen LogP contribution in [-0.4, -0.2) is 50.9 Å². The van der Waals surface area contributed by atoms with Gasteiger partial charge in [-0.25, -0.2) is 9.79 Å². The number of hydrogen-bond acceptors (Lipinski definition) is 10. The highest BCUT2D eigenvalue weighted by Crippen LogP contribution is 2.69. The first-order valence-corrected chi connectivity index (χ1v) is 18.9. The van der Waals surface area contributed by atoms with Crippen LogP contribution in [0.4, 0.5) is 5.69 Å². The highest BCUT2D eigenvalue weighted by atomic mass is 32.2. The fraction of sp³-hybridized carbons (Fsp3) is 0.500.